The van der Waals surface area contributed by atoms with Crippen LogP contribution < -0.4 is 21.4 Å². The van der Waals surface area contributed by atoms with Crippen LogP contribution in [0.3, 0.4) is 0 Å². The molecule has 2 aromatic rings. The smallest absolute Gasteiger partial charge is 0.355 e. The molecule has 140 valence electrons. The molecule has 0 bridgehead atoms. The van der Waals surface area contributed by atoms with Crippen LogP contribution in [0.4, 0.5) is 5.95 Å². The largest absolute Gasteiger partial charge is 0.488 e. The number of anilines is 1. The van der Waals surface area contributed by atoms with E-state index in [1.54, 1.807) is 13.8 Å². The Morgan fingerprint density at radius 3 is 2.81 bits per heavy atom. The number of ether oxygens (including phenoxy) is 2. The molecule has 0 radical (unpaired) electrons. The van der Waals surface area contributed by atoms with E-state index in [2.05, 4.69) is 15.3 Å². The molecule has 0 spiro atoms. The summed E-state index contributed by atoms with van der Waals surface area (Å²) in [7, 11) is 0. The van der Waals surface area contributed by atoms with Crippen molar-refractivity contribution in [1.82, 2.24) is 14.5 Å². The first-order chi connectivity index (χ1) is 12.4. The van der Waals surface area contributed by atoms with Crippen molar-refractivity contribution < 1.29 is 9.47 Å². The van der Waals surface area contributed by atoms with E-state index in [4.69, 9.17) is 9.47 Å². The third kappa shape index (κ3) is 4.13. The molecule has 8 heteroatoms. The molecule has 1 fully saturated rings. The summed E-state index contributed by atoms with van der Waals surface area (Å²) in [4.78, 5) is 30.6. The maximum absolute atomic E-state index is 12.1. The fourth-order valence-corrected chi connectivity index (χ4v) is 2.89. The number of nitrogens with one attached hydrogen (secondary N) is 2. The highest BCUT2D eigenvalue weighted by molar-refractivity contribution is 5.35. The molecule has 1 saturated heterocycles. The molecule has 0 aliphatic carbocycles. The van der Waals surface area contributed by atoms with Gasteiger partial charge in [0.05, 0.1) is 19.3 Å². The number of aromatic amines is 1. The minimum atomic E-state index is -0.572. The van der Waals surface area contributed by atoms with Gasteiger partial charge in [-0.15, -0.1) is 0 Å². The average molecular weight is 360 g/mol. The molecular formula is C18H24N4O4. The van der Waals surface area contributed by atoms with E-state index in [1.807, 2.05) is 31.2 Å². The summed E-state index contributed by atoms with van der Waals surface area (Å²) in [6, 6.07) is 7.27. The summed E-state index contributed by atoms with van der Waals surface area (Å²) in [5.41, 5.74) is -0.0955. The molecule has 0 saturated carbocycles. The van der Waals surface area contributed by atoms with Crippen LogP contribution in [0.5, 0.6) is 5.75 Å². The molecule has 1 aromatic carbocycles. The third-order valence-corrected chi connectivity index (χ3v) is 4.28. The van der Waals surface area contributed by atoms with Gasteiger partial charge in [-0.25, -0.2) is 14.2 Å². The predicted octanol–water partition coefficient (Wildman–Crippen LogP) is 1.85. The fraction of sp³-hybridized carbons (Fsp3) is 0.500. The van der Waals surface area contributed by atoms with Gasteiger partial charge in [-0.1, -0.05) is 12.1 Å². The van der Waals surface area contributed by atoms with E-state index < -0.39 is 11.4 Å². The lowest BCUT2D eigenvalue weighted by Crippen LogP contribution is -2.39. The van der Waals surface area contributed by atoms with Crippen LogP contribution in [0.2, 0.25) is 0 Å². The van der Waals surface area contributed by atoms with E-state index in [1.165, 1.54) is 0 Å². The second-order valence-electron chi connectivity index (χ2n) is 6.68. The summed E-state index contributed by atoms with van der Waals surface area (Å²) in [5, 5.41) is 3.07. The molecule has 26 heavy (non-hydrogen) atoms. The lowest BCUT2D eigenvalue weighted by Gasteiger charge is -2.17. The average Bonchev–Trinajstić information content (AvgIpc) is 3.07. The Labute approximate surface area is 151 Å². The second-order valence-corrected chi connectivity index (χ2v) is 6.68. The zero-order chi connectivity index (χ0) is 18.7. The number of hydrogen-bond donors (Lipinski definition) is 2. The summed E-state index contributed by atoms with van der Waals surface area (Å²) in [5.74, 6) is 0.920. The molecule has 8 nitrogen and oxygen atoms in total. The first-order valence-electron chi connectivity index (χ1n) is 8.78. The van der Waals surface area contributed by atoms with Gasteiger partial charge in [-0.2, -0.15) is 4.98 Å². The molecule has 1 aliphatic heterocycles. The standard InChI is InChI=1S/C18H24N4O4/c1-11(2)22-17(23)20-16(21-18(22)24)19-12(3)13-5-4-6-14(9-13)26-15-7-8-25-10-15/h4-6,9,11-12,15H,7-8,10H2,1-3H3,(H2,19,20,21,23,24)/t12-,15?/m0/s1. The van der Waals surface area contributed by atoms with Crippen molar-refractivity contribution in [3.63, 3.8) is 0 Å². The first kappa shape index (κ1) is 18.2. The van der Waals surface area contributed by atoms with Crippen LogP contribution in [-0.2, 0) is 4.74 Å². The Hall–Kier alpha value is -2.61. The summed E-state index contributed by atoms with van der Waals surface area (Å²) in [6.45, 7) is 6.77. The van der Waals surface area contributed by atoms with Crippen molar-refractivity contribution in [1.29, 1.82) is 0 Å². The maximum atomic E-state index is 12.1. The van der Waals surface area contributed by atoms with Crippen molar-refractivity contribution >= 4 is 5.95 Å². The Morgan fingerprint density at radius 2 is 2.15 bits per heavy atom. The van der Waals surface area contributed by atoms with Crippen molar-refractivity contribution in [3.05, 3.63) is 50.8 Å². The molecule has 3 rings (SSSR count). The Morgan fingerprint density at radius 1 is 1.35 bits per heavy atom. The SMILES string of the molecule is CC(C)n1c(=O)nc(N[C@@H](C)c2cccc(OC3CCOC3)c2)[nH]c1=O. The van der Waals surface area contributed by atoms with Gasteiger partial charge in [0.15, 0.2) is 0 Å². The topological polar surface area (TPSA) is 98.2 Å². The number of nitrogens with zero attached hydrogens (tertiary/aromatic N) is 2. The Kier molecular flexibility index (Phi) is 5.41. The lowest BCUT2D eigenvalue weighted by atomic mass is 10.1. The summed E-state index contributed by atoms with van der Waals surface area (Å²) < 4.78 is 12.3. The highest BCUT2D eigenvalue weighted by Gasteiger charge is 2.18. The summed E-state index contributed by atoms with van der Waals surface area (Å²) in [6.07, 6.45) is 0.963. The van der Waals surface area contributed by atoms with Crippen LogP contribution in [-0.4, -0.2) is 33.9 Å². The van der Waals surface area contributed by atoms with Gasteiger partial charge in [-0.05, 0) is 38.5 Å². The van der Waals surface area contributed by atoms with Crippen molar-refractivity contribution in [3.8, 4) is 5.75 Å². The van der Waals surface area contributed by atoms with Gasteiger partial charge in [0, 0.05) is 12.5 Å². The molecule has 1 aliphatic rings. The molecule has 2 atom stereocenters. The fourth-order valence-electron chi connectivity index (χ4n) is 2.89. The highest BCUT2D eigenvalue weighted by atomic mass is 16.5. The Bertz CT molecular complexity index is 837. The zero-order valence-corrected chi connectivity index (χ0v) is 15.2. The molecule has 0 amide bonds. The Balaban J connectivity index is 1.74. The van der Waals surface area contributed by atoms with E-state index in [0.29, 0.717) is 6.61 Å². The van der Waals surface area contributed by atoms with E-state index in [0.717, 1.165) is 28.9 Å². The molecule has 1 unspecified atom stereocenters. The molecule has 1 aromatic heterocycles. The third-order valence-electron chi connectivity index (χ3n) is 4.28. The number of hydrogen-bond acceptors (Lipinski definition) is 6. The van der Waals surface area contributed by atoms with Crippen molar-refractivity contribution in [2.24, 2.45) is 0 Å². The zero-order valence-electron chi connectivity index (χ0n) is 15.2. The van der Waals surface area contributed by atoms with Crippen molar-refractivity contribution in [2.45, 2.75) is 45.4 Å². The van der Waals surface area contributed by atoms with Gasteiger partial charge in [0.25, 0.3) is 0 Å². The van der Waals surface area contributed by atoms with Gasteiger partial charge < -0.3 is 14.8 Å². The highest BCUT2D eigenvalue weighted by Crippen LogP contribution is 2.23. The van der Waals surface area contributed by atoms with Gasteiger partial charge >= 0.3 is 11.4 Å². The minimum Gasteiger partial charge on any atom is -0.488 e. The number of benzene rings is 1. The second kappa shape index (κ2) is 7.74. The van der Waals surface area contributed by atoms with E-state index in [-0.39, 0.29) is 24.1 Å². The predicted molar refractivity (Wildman–Crippen MR) is 97.8 cm³/mol. The van der Waals surface area contributed by atoms with Gasteiger partial charge in [0.1, 0.15) is 11.9 Å². The van der Waals surface area contributed by atoms with Gasteiger partial charge in [0.2, 0.25) is 5.95 Å². The molecule has 2 N–H and O–H groups in total. The van der Waals surface area contributed by atoms with Gasteiger partial charge in [-0.3, -0.25) is 4.98 Å². The maximum Gasteiger partial charge on any atom is 0.355 e. The van der Waals surface area contributed by atoms with Crippen LogP contribution in [0.1, 0.15) is 44.8 Å². The van der Waals surface area contributed by atoms with Crippen LogP contribution in [0.15, 0.2) is 33.9 Å². The number of H-pyrrole nitrogens is 1. The summed E-state index contributed by atoms with van der Waals surface area (Å²) >= 11 is 0. The van der Waals surface area contributed by atoms with Crippen LogP contribution in [0.25, 0.3) is 0 Å². The molecule has 2 heterocycles. The lowest BCUT2D eigenvalue weighted by molar-refractivity contribution is 0.141. The van der Waals surface area contributed by atoms with Crippen molar-refractivity contribution in [2.75, 3.05) is 18.5 Å². The van der Waals surface area contributed by atoms with E-state index in [9.17, 15) is 9.59 Å². The van der Waals surface area contributed by atoms with E-state index >= 15 is 0 Å². The quantitative estimate of drug-likeness (QED) is 0.816. The van der Waals surface area contributed by atoms with Crippen LogP contribution in [0, 0.1) is 0 Å². The minimum absolute atomic E-state index is 0.0789. The number of rotatable bonds is 6. The monoisotopic (exact) mass is 360 g/mol. The van der Waals surface area contributed by atoms with Crippen LogP contribution >= 0.6 is 0 Å². The first-order valence-corrected chi connectivity index (χ1v) is 8.78. The molecular weight excluding hydrogens is 336 g/mol. The number of aromatic nitrogens is 3. The normalized spacial score (nSPS) is 18.1.